The summed E-state index contributed by atoms with van der Waals surface area (Å²) < 4.78 is 5.20. The van der Waals surface area contributed by atoms with E-state index in [1.165, 1.54) is 0 Å². The van der Waals surface area contributed by atoms with Crippen molar-refractivity contribution in [3.05, 3.63) is 0 Å². The molecule has 1 fully saturated rings. The highest BCUT2D eigenvalue weighted by Crippen LogP contribution is 2.32. The van der Waals surface area contributed by atoms with Crippen LogP contribution in [-0.4, -0.2) is 42.9 Å². The zero-order valence-electron chi connectivity index (χ0n) is 13.3. The summed E-state index contributed by atoms with van der Waals surface area (Å²) in [6, 6.07) is -0.0631. The highest BCUT2D eigenvalue weighted by Gasteiger charge is 2.25. The Morgan fingerprint density at radius 2 is 2.05 bits per heavy atom. The first kappa shape index (κ1) is 17.8. The van der Waals surface area contributed by atoms with Crippen molar-refractivity contribution in [3.63, 3.8) is 0 Å². The molecule has 0 saturated carbocycles. The summed E-state index contributed by atoms with van der Waals surface area (Å²) in [7, 11) is 0. The molecule has 6 heteroatoms. The molecule has 1 saturated heterocycles. The van der Waals surface area contributed by atoms with Gasteiger partial charge in [0.05, 0.1) is 12.6 Å². The Hall–Kier alpha value is -1.30. The summed E-state index contributed by atoms with van der Waals surface area (Å²) in [5.74, 6) is -0.500. The van der Waals surface area contributed by atoms with Gasteiger partial charge in [0.25, 0.3) is 0 Å². The molecule has 0 aromatic rings. The Bertz CT molecular complexity index is 346. The number of carbonyl (C=O) groups is 2. The predicted octanol–water partition coefficient (Wildman–Crippen LogP) is 1.99. The molecule has 122 valence electrons. The summed E-state index contributed by atoms with van der Waals surface area (Å²) in [5, 5.41) is 14.5. The molecule has 1 rings (SSSR count). The van der Waals surface area contributed by atoms with Gasteiger partial charge in [-0.05, 0) is 30.6 Å². The van der Waals surface area contributed by atoms with E-state index in [-0.39, 0.29) is 29.8 Å². The molecule has 0 aliphatic carbocycles. The topological polar surface area (TPSA) is 87.7 Å². The first-order chi connectivity index (χ1) is 9.79. The fourth-order valence-electron chi connectivity index (χ4n) is 2.55. The number of hydrogen-bond donors (Lipinski definition) is 3. The van der Waals surface area contributed by atoms with Gasteiger partial charge in [0.1, 0.15) is 0 Å². The number of hydrogen-bond acceptors (Lipinski definition) is 3. The Labute approximate surface area is 126 Å². The third-order valence-electron chi connectivity index (χ3n) is 3.97. The van der Waals surface area contributed by atoms with E-state index in [1.54, 1.807) is 0 Å². The van der Waals surface area contributed by atoms with Crippen LogP contribution in [0.5, 0.6) is 0 Å². The van der Waals surface area contributed by atoms with Crippen LogP contribution >= 0.6 is 0 Å². The average molecular weight is 300 g/mol. The molecule has 2 unspecified atom stereocenters. The van der Waals surface area contributed by atoms with E-state index in [0.717, 1.165) is 12.8 Å². The smallest absolute Gasteiger partial charge is 0.315 e. The van der Waals surface area contributed by atoms with Gasteiger partial charge in [-0.2, -0.15) is 0 Å². The Kier molecular flexibility index (Phi) is 6.95. The van der Waals surface area contributed by atoms with Crippen LogP contribution < -0.4 is 10.6 Å². The van der Waals surface area contributed by atoms with Gasteiger partial charge in [0, 0.05) is 19.6 Å². The molecule has 2 amide bonds. The number of urea groups is 1. The van der Waals surface area contributed by atoms with Crippen molar-refractivity contribution in [1.82, 2.24) is 10.6 Å². The number of carboxylic acid groups (broad SMARTS) is 1. The van der Waals surface area contributed by atoms with Crippen LogP contribution in [-0.2, 0) is 9.53 Å². The van der Waals surface area contributed by atoms with Gasteiger partial charge in [0.2, 0.25) is 0 Å². The maximum atomic E-state index is 11.7. The number of aliphatic carboxylic acids is 1. The van der Waals surface area contributed by atoms with Crippen molar-refractivity contribution in [1.29, 1.82) is 0 Å². The van der Waals surface area contributed by atoms with E-state index in [4.69, 9.17) is 9.84 Å². The lowest BCUT2D eigenvalue weighted by molar-refractivity contribution is -0.137. The molecule has 1 aliphatic rings. The van der Waals surface area contributed by atoms with Crippen LogP contribution in [0, 0.1) is 11.3 Å². The molecule has 0 aromatic carbocycles. The lowest BCUT2D eigenvalue weighted by Crippen LogP contribution is -2.43. The van der Waals surface area contributed by atoms with E-state index in [2.05, 4.69) is 31.4 Å². The first-order valence-corrected chi connectivity index (χ1v) is 7.63. The number of ether oxygens (including phenoxy) is 1. The second-order valence-corrected chi connectivity index (χ2v) is 6.74. The normalized spacial score (nSPS) is 20.0. The van der Waals surface area contributed by atoms with Crippen LogP contribution in [0.15, 0.2) is 0 Å². The fourth-order valence-corrected chi connectivity index (χ4v) is 2.55. The number of carboxylic acids is 1. The lowest BCUT2D eigenvalue weighted by atomic mass is 9.76. The van der Waals surface area contributed by atoms with Crippen LogP contribution in [0.2, 0.25) is 0 Å². The first-order valence-electron chi connectivity index (χ1n) is 7.63. The monoisotopic (exact) mass is 300 g/mol. The molecule has 0 spiro atoms. The highest BCUT2D eigenvalue weighted by atomic mass is 16.5. The van der Waals surface area contributed by atoms with Gasteiger partial charge in [-0.1, -0.05) is 20.8 Å². The molecule has 0 bridgehead atoms. The van der Waals surface area contributed by atoms with Gasteiger partial charge >= 0.3 is 12.0 Å². The quantitative estimate of drug-likeness (QED) is 0.671. The number of amides is 2. The van der Waals surface area contributed by atoms with Crippen LogP contribution in [0.3, 0.4) is 0 Å². The molecule has 2 atom stereocenters. The maximum absolute atomic E-state index is 11.7. The Morgan fingerprint density at radius 3 is 2.57 bits per heavy atom. The third kappa shape index (κ3) is 7.32. The lowest BCUT2D eigenvalue weighted by Gasteiger charge is -2.30. The molecule has 21 heavy (non-hydrogen) atoms. The number of carbonyl (C=O) groups excluding carboxylic acids is 1. The van der Waals surface area contributed by atoms with Gasteiger partial charge in [-0.3, -0.25) is 4.79 Å². The predicted molar refractivity (Wildman–Crippen MR) is 80.2 cm³/mol. The van der Waals surface area contributed by atoms with E-state index in [9.17, 15) is 9.59 Å². The number of nitrogens with one attached hydrogen (secondary N) is 2. The summed E-state index contributed by atoms with van der Waals surface area (Å²) in [4.78, 5) is 22.4. The minimum absolute atomic E-state index is 0.0346. The zero-order valence-corrected chi connectivity index (χ0v) is 13.3. The van der Waals surface area contributed by atoms with Gasteiger partial charge in [0.15, 0.2) is 0 Å². The van der Waals surface area contributed by atoms with Gasteiger partial charge in [-0.15, -0.1) is 0 Å². The molecule has 1 heterocycles. The molecule has 0 radical (unpaired) electrons. The Balaban J connectivity index is 2.28. The summed E-state index contributed by atoms with van der Waals surface area (Å²) in [6.45, 7) is 8.16. The van der Waals surface area contributed by atoms with Crippen LogP contribution in [0.4, 0.5) is 4.79 Å². The second kappa shape index (κ2) is 8.22. The van der Waals surface area contributed by atoms with Crippen molar-refractivity contribution in [3.8, 4) is 0 Å². The molecule has 1 aliphatic heterocycles. The standard InChI is InChI=1S/C15H28N2O4/c1-15(2,3)11(4-5-13(18)19)6-8-16-14(20)17-12-7-9-21-10-12/h11-12H,4-10H2,1-3H3,(H,18,19)(H2,16,17,20). The largest absolute Gasteiger partial charge is 0.481 e. The molecular formula is C15H28N2O4. The summed E-state index contributed by atoms with van der Waals surface area (Å²) in [6.07, 6.45) is 2.45. The minimum Gasteiger partial charge on any atom is -0.481 e. The zero-order chi connectivity index (χ0) is 15.9. The number of rotatable bonds is 7. The van der Waals surface area contributed by atoms with Crippen molar-refractivity contribution in [2.24, 2.45) is 11.3 Å². The van der Waals surface area contributed by atoms with Crippen molar-refractivity contribution >= 4 is 12.0 Å². The van der Waals surface area contributed by atoms with E-state index < -0.39 is 5.97 Å². The van der Waals surface area contributed by atoms with Crippen molar-refractivity contribution in [2.45, 2.75) is 52.5 Å². The summed E-state index contributed by atoms with van der Waals surface area (Å²) in [5.41, 5.74) is 0.0346. The average Bonchev–Trinajstić information content (AvgIpc) is 2.84. The van der Waals surface area contributed by atoms with Gasteiger partial charge < -0.3 is 20.5 Å². The molecule has 0 aromatic heterocycles. The third-order valence-corrected chi connectivity index (χ3v) is 3.97. The molecular weight excluding hydrogens is 272 g/mol. The van der Waals surface area contributed by atoms with Crippen LogP contribution in [0.25, 0.3) is 0 Å². The SMILES string of the molecule is CC(C)(C)C(CCNC(=O)NC1CCOC1)CCC(=O)O. The fraction of sp³-hybridized carbons (Fsp3) is 0.867. The van der Waals surface area contributed by atoms with E-state index >= 15 is 0 Å². The second-order valence-electron chi connectivity index (χ2n) is 6.74. The highest BCUT2D eigenvalue weighted by molar-refractivity contribution is 5.74. The summed E-state index contributed by atoms with van der Waals surface area (Å²) >= 11 is 0. The molecule has 6 nitrogen and oxygen atoms in total. The maximum Gasteiger partial charge on any atom is 0.315 e. The van der Waals surface area contributed by atoms with Crippen LogP contribution in [0.1, 0.15) is 46.5 Å². The Morgan fingerprint density at radius 1 is 1.33 bits per heavy atom. The van der Waals surface area contributed by atoms with E-state index in [0.29, 0.717) is 26.2 Å². The van der Waals surface area contributed by atoms with Crippen molar-refractivity contribution in [2.75, 3.05) is 19.8 Å². The minimum atomic E-state index is -0.767. The van der Waals surface area contributed by atoms with Gasteiger partial charge in [-0.25, -0.2) is 4.79 Å². The molecule has 3 N–H and O–H groups in total. The van der Waals surface area contributed by atoms with Crippen molar-refractivity contribution < 1.29 is 19.4 Å². The van der Waals surface area contributed by atoms with E-state index in [1.807, 2.05) is 0 Å².